The Morgan fingerprint density at radius 1 is 1.26 bits per heavy atom. The minimum Gasteiger partial charge on any atom is -0.459 e. The molecule has 0 aliphatic heterocycles. The Morgan fingerprint density at radius 3 is 2.26 bits per heavy atom. The molecule has 0 radical (unpaired) electrons. The van der Waals surface area contributed by atoms with Gasteiger partial charge in [-0.25, -0.2) is 8.42 Å². The molecule has 0 heterocycles. The molecule has 0 atom stereocenters. The van der Waals surface area contributed by atoms with E-state index in [1.807, 2.05) is 0 Å². The molecule has 7 heteroatoms. The van der Waals surface area contributed by atoms with Crippen molar-refractivity contribution in [1.82, 2.24) is 4.72 Å². The molecular formula is C12H16BrNO4S. The van der Waals surface area contributed by atoms with E-state index < -0.39 is 28.1 Å². The Balaban J connectivity index is 2.66. The van der Waals surface area contributed by atoms with Crippen molar-refractivity contribution in [3.63, 3.8) is 0 Å². The molecule has 0 amide bonds. The van der Waals surface area contributed by atoms with E-state index in [0.29, 0.717) is 0 Å². The largest absolute Gasteiger partial charge is 0.459 e. The van der Waals surface area contributed by atoms with Gasteiger partial charge in [0.1, 0.15) is 12.1 Å². The normalized spacial score (nSPS) is 12.2. The van der Waals surface area contributed by atoms with Gasteiger partial charge in [0.25, 0.3) is 0 Å². The molecule has 106 valence electrons. The van der Waals surface area contributed by atoms with Gasteiger partial charge in [-0.3, -0.25) is 4.79 Å². The average molecular weight is 350 g/mol. The van der Waals surface area contributed by atoms with Gasteiger partial charge in [-0.15, -0.1) is 0 Å². The van der Waals surface area contributed by atoms with E-state index in [-0.39, 0.29) is 4.90 Å². The monoisotopic (exact) mass is 349 g/mol. The Bertz CT molecular complexity index is 546. The lowest BCUT2D eigenvalue weighted by Crippen LogP contribution is -2.34. The Kier molecular flexibility index (Phi) is 5.11. The zero-order valence-corrected chi connectivity index (χ0v) is 13.3. The van der Waals surface area contributed by atoms with Crippen molar-refractivity contribution < 1.29 is 17.9 Å². The highest BCUT2D eigenvalue weighted by atomic mass is 79.9. The molecule has 5 nitrogen and oxygen atoms in total. The van der Waals surface area contributed by atoms with E-state index in [9.17, 15) is 13.2 Å². The molecule has 0 unspecified atom stereocenters. The van der Waals surface area contributed by atoms with Crippen molar-refractivity contribution in [2.75, 3.05) is 6.54 Å². The highest BCUT2D eigenvalue weighted by molar-refractivity contribution is 9.10. The van der Waals surface area contributed by atoms with Crippen LogP contribution in [0.25, 0.3) is 0 Å². The average Bonchev–Trinajstić information content (AvgIpc) is 2.25. The Hall–Kier alpha value is -0.920. The molecule has 0 spiro atoms. The van der Waals surface area contributed by atoms with Crippen LogP contribution >= 0.6 is 15.9 Å². The summed E-state index contributed by atoms with van der Waals surface area (Å²) in [6.07, 6.45) is 0. The molecule has 0 fully saturated rings. The van der Waals surface area contributed by atoms with Crippen LogP contribution in [0.15, 0.2) is 33.6 Å². The second kappa shape index (κ2) is 6.02. The fourth-order valence-corrected chi connectivity index (χ4v) is 2.46. The van der Waals surface area contributed by atoms with E-state index in [2.05, 4.69) is 20.7 Å². The molecule has 0 saturated carbocycles. The third-order valence-corrected chi connectivity index (χ3v) is 3.90. The third kappa shape index (κ3) is 5.71. The van der Waals surface area contributed by atoms with Crippen molar-refractivity contribution in [3.05, 3.63) is 28.7 Å². The molecule has 0 saturated heterocycles. The molecule has 0 aliphatic rings. The van der Waals surface area contributed by atoms with Crippen LogP contribution in [0.3, 0.4) is 0 Å². The maximum Gasteiger partial charge on any atom is 0.321 e. The summed E-state index contributed by atoms with van der Waals surface area (Å²) in [5.74, 6) is -0.617. The number of hydrogen-bond acceptors (Lipinski definition) is 4. The number of benzene rings is 1. The number of carbonyl (C=O) groups excluding carboxylic acids is 1. The maximum absolute atomic E-state index is 11.9. The predicted molar refractivity (Wildman–Crippen MR) is 75.2 cm³/mol. The van der Waals surface area contributed by atoms with E-state index in [4.69, 9.17) is 4.74 Å². The minimum absolute atomic E-state index is 0.0965. The maximum atomic E-state index is 11.9. The van der Waals surface area contributed by atoms with E-state index in [1.165, 1.54) is 12.1 Å². The molecule has 19 heavy (non-hydrogen) atoms. The van der Waals surface area contributed by atoms with Crippen LogP contribution in [0.1, 0.15) is 20.8 Å². The van der Waals surface area contributed by atoms with Crippen LogP contribution in [-0.4, -0.2) is 26.5 Å². The first-order valence-corrected chi connectivity index (χ1v) is 7.85. The molecular weight excluding hydrogens is 334 g/mol. The van der Waals surface area contributed by atoms with Crippen molar-refractivity contribution in [1.29, 1.82) is 0 Å². The molecule has 0 aliphatic carbocycles. The molecule has 1 aromatic rings. The van der Waals surface area contributed by atoms with E-state index in [0.717, 1.165) is 4.47 Å². The second-order valence-electron chi connectivity index (χ2n) is 4.86. The standard InChI is InChI=1S/C12H16BrNO4S/c1-12(2,3)18-11(15)8-14-19(16,17)10-6-4-9(13)5-7-10/h4-7,14H,8H2,1-3H3. The quantitative estimate of drug-likeness (QED) is 0.844. The highest BCUT2D eigenvalue weighted by Gasteiger charge is 2.19. The van der Waals surface area contributed by atoms with Crippen molar-refractivity contribution in [2.24, 2.45) is 0 Å². The van der Waals surface area contributed by atoms with Crippen LogP contribution in [0.4, 0.5) is 0 Å². The van der Waals surface area contributed by atoms with Gasteiger partial charge in [0, 0.05) is 4.47 Å². The lowest BCUT2D eigenvalue weighted by atomic mass is 10.2. The van der Waals surface area contributed by atoms with Crippen LogP contribution in [0.5, 0.6) is 0 Å². The van der Waals surface area contributed by atoms with Gasteiger partial charge in [-0.2, -0.15) is 4.72 Å². The zero-order chi connectivity index (χ0) is 14.7. The van der Waals surface area contributed by atoms with Gasteiger partial charge in [0.15, 0.2) is 0 Å². The molecule has 1 aromatic carbocycles. The first-order chi connectivity index (χ1) is 8.60. The number of ether oxygens (including phenoxy) is 1. The molecule has 0 bridgehead atoms. The van der Waals surface area contributed by atoms with E-state index >= 15 is 0 Å². The van der Waals surface area contributed by atoms with Crippen LogP contribution in [-0.2, 0) is 19.6 Å². The summed E-state index contributed by atoms with van der Waals surface area (Å²) < 4.78 is 31.7. The van der Waals surface area contributed by atoms with Crippen LogP contribution in [0, 0.1) is 0 Å². The van der Waals surface area contributed by atoms with Crippen molar-refractivity contribution >= 4 is 31.9 Å². The topological polar surface area (TPSA) is 72.5 Å². The third-order valence-electron chi connectivity index (χ3n) is 1.95. The lowest BCUT2D eigenvalue weighted by Gasteiger charge is -2.19. The summed E-state index contributed by atoms with van der Waals surface area (Å²) in [6.45, 7) is 4.76. The lowest BCUT2D eigenvalue weighted by molar-refractivity contribution is -0.153. The first kappa shape index (κ1) is 16.1. The van der Waals surface area contributed by atoms with Gasteiger partial charge in [-0.1, -0.05) is 15.9 Å². The Labute approximate surface area is 121 Å². The van der Waals surface area contributed by atoms with Gasteiger partial charge in [0.2, 0.25) is 10.0 Å². The smallest absolute Gasteiger partial charge is 0.321 e. The number of nitrogens with one attached hydrogen (secondary N) is 1. The van der Waals surface area contributed by atoms with E-state index in [1.54, 1.807) is 32.9 Å². The summed E-state index contributed by atoms with van der Waals surface area (Å²) in [4.78, 5) is 11.5. The number of hydrogen-bond donors (Lipinski definition) is 1. The van der Waals surface area contributed by atoms with Crippen molar-refractivity contribution in [3.8, 4) is 0 Å². The van der Waals surface area contributed by atoms with Gasteiger partial charge in [-0.05, 0) is 45.0 Å². The first-order valence-electron chi connectivity index (χ1n) is 5.57. The molecule has 1 rings (SSSR count). The summed E-state index contributed by atoms with van der Waals surface area (Å²) >= 11 is 3.22. The SMILES string of the molecule is CC(C)(C)OC(=O)CNS(=O)(=O)c1ccc(Br)cc1. The summed E-state index contributed by atoms with van der Waals surface area (Å²) in [5, 5.41) is 0. The Morgan fingerprint density at radius 2 is 1.79 bits per heavy atom. The number of esters is 1. The van der Waals surface area contributed by atoms with Crippen LogP contribution in [0.2, 0.25) is 0 Å². The summed E-state index contributed by atoms with van der Waals surface area (Å²) in [5.41, 5.74) is -0.639. The number of carbonyl (C=O) groups is 1. The van der Waals surface area contributed by atoms with Crippen LogP contribution < -0.4 is 4.72 Å². The van der Waals surface area contributed by atoms with Gasteiger partial charge in [0.05, 0.1) is 4.90 Å². The summed E-state index contributed by atoms with van der Waals surface area (Å²) in [6, 6.07) is 6.12. The minimum atomic E-state index is -3.70. The fourth-order valence-electron chi connectivity index (χ4n) is 1.23. The number of halogens is 1. The number of sulfonamides is 1. The number of rotatable bonds is 4. The zero-order valence-electron chi connectivity index (χ0n) is 10.9. The molecule has 0 aromatic heterocycles. The second-order valence-corrected chi connectivity index (χ2v) is 7.55. The highest BCUT2D eigenvalue weighted by Crippen LogP contribution is 2.14. The predicted octanol–water partition coefficient (Wildman–Crippen LogP) is 2.07. The van der Waals surface area contributed by atoms with Gasteiger partial charge < -0.3 is 4.74 Å². The van der Waals surface area contributed by atoms with Crippen molar-refractivity contribution in [2.45, 2.75) is 31.3 Å². The molecule has 1 N–H and O–H groups in total. The fraction of sp³-hybridized carbons (Fsp3) is 0.417. The van der Waals surface area contributed by atoms with Gasteiger partial charge >= 0.3 is 5.97 Å². The summed E-state index contributed by atoms with van der Waals surface area (Å²) in [7, 11) is -3.70.